The Bertz CT molecular complexity index is 65.0. The molecular weight excluding hydrogens is 108 g/mol. The zero-order valence-corrected chi connectivity index (χ0v) is 4.87. The molecule has 0 radical (unpaired) electrons. The Morgan fingerprint density at radius 1 is 1.71 bits per heavy atom. The van der Waals surface area contributed by atoms with Gasteiger partial charge in [0, 0.05) is 5.75 Å². The van der Waals surface area contributed by atoms with Gasteiger partial charge in [-0.2, -0.15) is 0 Å². The van der Waals surface area contributed by atoms with Crippen molar-refractivity contribution in [2.24, 2.45) is 0 Å². The van der Waals surface area contributed by atoms with Crippen molar-refractivity contribution in [1.29, 1.82) is 0 Å². The molecule has 7 heavy (non-hydrogen) atoms. The lowest BCUT2D eigenvalue weighted by atomic mass is 10.8. The van der Waals surface area contributed by atoms with Gasteiger partial charge in [-0.05, 0) is 0 Å². The lowest BCUT2D eigenvalue weighted by Crippen LogP contribution is -1.85. The molecule has 0 aromatic rings. The zero-order chi connectivity index (χ0) is 5.54. The molecular formula is C5H8OS. The highest BCUT2D eigenvalue weighted by molar-refractivity contribution is 7.99. The molecule has 0 bridgehead atoms. The van der Waals surface area contributed by atoms with E-state index in [2.05, 4.69) is 5.92 Å². The van der Waals surface area contributed by atoms with Gasteiger partial charge in [0.2, 0.25) is 0 Å². The molecule has 0 rings (SSSR count). The van der Waals surface area contributed by atoms with Gasteiger partial charge in [0.15, 0.2) is 0 Å². The number of thioether (sulfide) groups is 1. The number of hydrogen-bond donors (Lipinski definition) is 1. The van der Waals surface area contributed by atoms with Crippen molar-refractivity contribution in [2.45, 2.75) is 0 Å². The molecule has 0 aliphatic carbocycles. The third kappa shape index (κ3) is 5.87. The molecule has 0 aromatic carbocycles. The number of aliphatic hydroxyl groups is 1. The number of rotatable bonds is 3. The van der Waals surface area contributed by atoms with Crippen molar-refractivity contribution in [3.05, 3.63) is 0 Å². The Labute approximate surface area is 48.1 Å². The van der Waals surface area contributed by atoms with Gasteiger partial charge in [0.05, 0.1) is 12.4 Å². The fourth-order valence-corrected chi connectivity index (χ4v) is 0.587. The number of terminal acetylenes is 1. The van der Waals surface area contributed by atoms with Crippen molar-refractivity contribution in [2.75, 3.05) is 18.1 Å². The fourth-order valence-electron chi connectivity index (χ4n) is 0.196. The highest BCUT2D eigenvalue weighted by Gasteiger charge is 1.78. The van der Waals surface area contributed by atoms with Crippen molar-refractivity contribution in [1.82, 2.24) is 0 Å². The van der Waals surface area contributed by atoms with Gasteiger partial charge < -0.3 is 5.11 Å². The molecule has 0 aromatic heterocycles. The number of aliphatic hydroxyl groups excluding tert-OH is 1. The van der Waals surface area contributed by atoms with E-state index in [4.69, 9.17) is 11.5 Å². The summed E-state index contributed by atoms with van der Waals surface area (Å²) >= 11 is 1.57. The van der Waals surface area contributed by atoms with Crippen LogP contribution >= 0.6 is 11.8 Å². The molecule has 0 unspecified atom stereocenters. The van der Waals surface area contributed by atoms with Gasteiger partial charge in [0.25, 0.3) is 0 Å². The molecule has 0 aliphatic heterocycles. The van der Waals surface area contributed by atoms with Crippen LogP contribution in [0.4, 0.5) is 0 Å². The van der Waals surface area contributed by atoms with E-state index >= 15 is 0 Å². The first-order chi connectivity index (χ1) is 3.41. The molecule has 0 saturated carbocycles. The Balaban J connectivity index is 2.60. The van der Waals surface area contributed by atoms with Crippen LogP contribution in [0.5, 0.6) is 0 Å². The topological polar surface area (TPSA) is 20.2 Å². The van der Waals surface area contributed by atoms with Gasteiger partial charge in [-0.1, -0.05) is 5.92 Å². The molecule has 0 aliphatic rings. The van der Waals surface area contributed by atoms with Crippen LogP contribution in [-0.2, 0) is 0 Å². The average molecular weight is 116 g/mol. The maximum absolute atomic E-state index is 8.20. The van der Waals surface area contributed by atoms with Crippen LogP contribution in [-0.4, -0.2) is 23.2 Å². The van der Waals surface area contributed by atoms with E-state index in [9.17, 15) is 0 Å². The summed E-state index contributed by atoms with van der Waals surface area (Å²) in [6, 6.07) is 0. The SMILES string of the molecule is C#CCSCCO. The lowest BCUT2D eigenvalue weighted by molar-refractivity contribution is 0.322. The average Bonchev–Trinajstić information content (AvgIpc) is 1.69. The minimum atomic E-state index is 0.229. The quantitative estimate of drug-likeness (QED) is 0.424. The fraction of sp³-hybridized carbons (Fsp3) is 0.600. The van der Waals surface area contributed by atoms with Crippen LogP contribution in [0, 0.1) is 12.3 Å². The summed E-state index contributed by atoms with van der Waals surface area (Å²) in [6.45, 7) is 0.229. The summed E-state index contributed by atoms with van der Waals surface area (Å²) < 4.78 is 0. The standard InChI is InChI=1S/C5H8OS/c1-2-4-7-5-3-6/h1,6H,3-5H2. The summed E-state index contributed by atoms with van der Waals surface area (Å²) in [7, 11) is 0. The van der Waals surface area contributed by atoms with E-state index in [0.717, 1.165) is 5.75 Å². The molecule has 0 fully saturated rings. The van der Waals surface area contributed by atoms with Gasteiger partial charge in [-0.3, -0.25) is 0 Å². The maximum Gasteiger partial charge on any atom is 0.0545 e. The molecule has 0 amide bonds. The third-order valence-corrected chi connectivity index (χ3v) is 1.26. The molecule has 2 heteroatoms. The van der Waals surface area contributed by atoms with Crippen LogP contribution in [0.25, 0.3) is 0 Å². The van der Waals surface area contributed by atoms with Gasteiger partial charge in [0.1, 0.15) is 0 Å². The Hall–Kier alpha value is -0.130. The minimum Gasteiger partial charge on any atom is -0.396 e. The Morgan fingerprint density at radius 2 is 2.43 bits per heavy atom. The van der Waals surface area contributed by atoms with E-state index in [0.29, 0.717) is 5.75 Å². The monoisotopic (exact) mass is 116 g/mol. The van der Waals surface area contributed by atoms with E-state index in [1.54, 1.807) is 11.8 Å². The lowest BCUT2D eigenvalue weighted by Gasteiger charge is -1.86. The molecule has 0 saturated heterocycles. The smallest absolute Gasteiger partial charge is 0.0545 e. The summed E-state index contributed by atoms with van der Waals surface area (Å²) in [5, 5.41) is 8.20. The van der Waals surface area contributed by atoms with E-state index in [-0.39, 0.29) is 6.61 Å². The van der Waals surface area contributed by atoms with Crippen molar-refractivity contribution in [3.63, 3.8) is 0 Å². The first-order valence-electron chi connectivity index (χ1n) is 2.04. The largest absolute Gasteiger partial charge is 0.396 e. The maximum atomic E-state index is 8.20. The van der Waals surface area contributed by atoms with E-state index in [1.807, 2.05) is 0 Å². The Morgan fingerprint density at radius 3 is 2.86 bits per heavy atom. The van der Waals surface area contributed by atoms with Gasteiger partial charge in [-0.25, -0.2) is 0 Å². The van der Waals surface area contributed by atoms with Crippen LogP contribution in [0.15, 0.2) is 0 Å². The second kappa shape index (κ2) is 5.87. The van der Waals surface area contributed by atoms with Crippen LogP contribution in [0.2, 0.25) is 0 Å². The van der Waals surface area contributed by atoms with Crippen molar-refractivity contribution >= 4 is 11.8 Å². The van der Waals surface area contributed by atoms with Gasteiger partial charge in [-0.15, -0.1) is 18.2 Å². The second-order valence-electron chi connectivity index (χ2n) is 0.980. The van der Waals surface area contributed by atoms with E-state index < -0.39 is 0 Å². The first-order valence-corrected chi connectivity index (χ1v) is 3.19. The molecule has 1 N–H and O–H groups in total. The summed E-state index contributed by atoms with van der Waals surface area (Å²) in [5.41, 5.74) is 0. The molecule has 0 spiro atoms. The summed E-state index contributed by atoms with van der Waals surface area (Å²) in [6.07, 6.45) is 4.92. The Kier molecular flexibility index (Phi) is 5.76. The third-order valence-electron chi connectivity index (χ3n) is 0.421. The molecule has 40 valence electrons. The van der Waals surface area contributed by atoms with Crippen LogP contribution in [0.1, 0.15) is 0 Å². The summed E-state index contributed by atoms with van der Waals surface area (Å²) in [4.78, 5) is 0. The normalized spacial score (nSPS) is 8.00. The molecule has 0 atom stereocenters. The predicted octanol–water partition coefficient (Wildman–Crippen LogP) is 0.345. The van der Waals surface area contributed by atoms with Crippen LogP contribution in [0.3, 0.4) is 0 Å². The molecule has 1 nitrogen and oxygen atoms in total. The minimum absolute atomic E-state index is 0.229. The summed E-state index contributed by atoms with van der Waals surface area (Å²) in [5.74, 6) is 3.92. The predicted molar refractivity (Wildman–Crippen MR) is 33.2 cm³/mol. The molecule has 0 heterocycles. The number of hydrogen-bond acceptors (Lipinski definition) is 2. The second-order valence-corrected chi connectivity index (χ2v) is 2.09. The van der Waals surface area contributed by atoms with Gasteiger partial charge >= 0.3 is 0 Å². The van der Waals surface area contributed by atoms with E-state index in [1.165, 1.54) is 0 Å². The zero-order valence-electron chi connectivity index (χ0n) is 4.05. The highest BCUT2D eigenvalue weighted by Crippen LogP contribution is 1.94. The highest BCUT2D eigenvalue weighted by atomic mass is 32.2. The van der Waals surface area contributed by atoms with Crippen molar-refractivity contribution in [3.8, 4) is 12.3 Å². The first kappa shape index (κ1) is 6.87. The van der Waals surface area contributed by atoms with Crippen molar-refractivity contribution < 1.29 is 5.11 Å². The van der Waals surface area contributed by atoms with Crippen LogP contribution < -0.4 is 0 Å².